The van der Waals surface area contributed by atoms with Gasteiger partial charge in [-0.3, -0.25) is 15.0 Å². The van der Waals surface area contributed by atoms with Crippen LogP contribution in [0.3, 0.4) is 0 Å². The van der Waals surface area contributed by atoms with Gasteiger partial charge in [-0.05, 0) is 32.0 Å². The lowest BCUT2D eigenvalue weighted by Crippen LogP contribution is -2.17. The van der Waals surface area contributed by atoms with E-state index in [0.717, 1.165) is 25.1 Å². The second-order valence-corrected chi connectivity index (χ2v) is 6.52. The van der Waals surface area contributed by atoms with Crippen LogP contribution in [0.4, 0.5) is 23.2 Å². The van der Waals surface area contributed by atoms with Crippen LogP contribution >= 0.6 is 11.6 Å². The van der Waals surface area contributed by atoms with Crippen LogP contribution < -0.4 is 9.47 Å². The molecule has 0 N–H and O–H groups in total. The Morgan fingerprint density at radius 1 is 1.18 bits per heavy atom. The number of alkyl halides is 3. The minimum absolute atomic E-state index is 0.0558. The third kappa shape index (κ3) is 6.29. The number of carbonyl (C=O) groups excluding carboxylic acids is 2. The first-order valence-electron chi connectivity index (χ1n) is 8.92. The van der Waals surface area contributed by atoms with Crippen molar-refractivity contribution >= 4 is 29.3 Å². The number of nitro benzene ring substituents is 1. The summed E-state index contributed by atoms with van der Waals surface area (Å²) in [6.07, 6.45) is -6.64. The molecule has 9 nitrogen and oxygen atoms in total. The highest BCUT2D eigenvalue weighted by atomic mass is 35.5. The molecule has 0 radical (unpaired) electrons. The topological polar surface area (TPSA) is 114 Å². The number of benzene rings is 2. The monoisotopic (exact) mass is 495 g/mol. The maximum atomic E-state index is 13.5. The van der Waals surface area contributed by atoms with Crippen molar-refractivity contribution in [3.05, 3.63) is 56.6 Å². The first-order valence-corrected chi connectivity index (χ1v) is 9.30. The molecule has 0 aromatic heterocycles. The molecule has 1 atom stereocenters. The molecule has 0 aliphatic carbocycles. The van der Waals surface area contributed by atoms with E-state index < -0.39 is 45.4 Å². The van der Waals surface area contributed by atoms with E-state index in [9.17, 15) is 37.3 Å². The second-order valence-electron chi connectivity index (χ2n) is 6.14. The molecule has 0 saturated heterocycles. The van der Waals surface area contributed by atoms with Crippen molar-refractivity contribution in [2.45, 2.75) is 26.1 Å². The molecule has 178 valence electrons. The normalized spacial score (nSPS) is 12.1. The standard InChI is InChI=1S/C19H14ClF4NO8/c1-3-30-14-8-10(4-6-12(14)25(28)29)31-13-7-5-11(19(22,23)24)15(16(13)20)9(2)32-33-18(27)17(21)26/h4-9H,3H2,1-2H3. The van der Waals surface area contributed by atoms with E-state index in [1.165, 1.54) is 6.07 Å². The smallest absolute Gasteiger partial charge is 0.442 e. The third-order valence-corrected chi connectivity index (χ3v) is 4.33. The van der Waals surface area contributed by atoms with Crippen LogP contribution in [0.2, 0.25) is 5.02 Å². The number of halogens is 5. The van der Waals surface area contributed by atoms with Crippen LogP contribution in [0, 0.1) is 10.1 Å². The molecule has 2 aromatic rings. The lowest BCUT2D eigenvalue weighted by molar-refractivity contribution is -0.385. The Hall–Kier alpha value is -3.45. The van der Waals surface area contributed by atoms with Crippen LogP contribution in [0.15, 0.2) is 30.3 Å². The molecular weight excluding hydrogens is 482 g/mol. The van der Waals surface area contributed by atoms with E-state index in [2.05, 4.69) is 9.78 Å². The molecule has 0 heterocycles. The molecule has 1 unspecified atom stereocenters. The summed E-state index contributed by atoms with van der Waals surface area (Å²) in [5, 5.41) is 10.5. The maximum absolute atomic E-state index is 13.5. The molecule has 2 rings (SSSR count). The van der Waals surface area contributed by atoms with Gasteiger partial charge in [-0.25, -0.2) is 9.59 Å². The van der Waals surface area contributed by atoms with Gasteiger partial charge in [0.1, 0.15) is 17.6 Å². The summed E-state index contributed by atoms with van der Waals surface area (Å²) in [5.74, 6) is -2.60. The van der Waals surface area contributed by atoms with Crippen LogP contribution in [0.5, 0.6) is 17.2 Å². The molecule has 0 fully saturated rings. The maximum Gasteiger partial charge on any atom is 0.442 e. The average molecular weight is 496 g/mol. The van der Waals surface area contributed by atoms with Gasteiger partial charge in [0.25, 0.3) is 0 Å². The van der Waals surface area contributed by atoms with Crippen molar-refractivity contribution in [2.24, 2.45) is 0 Å². The molecular formula is C19H14ClF4NO8. The number of hydrogen-bond acceptors (Lipinski definition) is 8. The van der Waals surface area contributed by atoms with E-state index in [-0.39, 0.29) is 29.5 Å². The Morgan fingerprint density at radius 3 is 2.39 bits per heavy atom. The summed E-state index contributed by atoms with van der Waals surface area (Å²) in [5.41, 5.74) is -2.39. The van der Waals surface area contributed by atoms with Crippen molar-refractivity contribution in [3.63, 3.8) is 0 Å². The summed E-state index contributed by atoms with van der Waals surface area (Å²) < 4.78 is 63.4. The Kier molecular flexibility index (Phi) is 8.17. The Bertz CT molecular complexity index is 1080. The van der Waals surface area contributed by atoms with Crippen LogP contribution in [-0.4, -0.2) is 23.5 Å². The van der Waals surface area contributed by atoms with Crippen LogP contribution in [0.1, 0.15) is 31.1 Å². The minimum Gasteiger partial charge on any atom is -0.487 e. The van der Waals surface area contributed by atoms with Gasteiger partial charge in [-0.2, -0.15) is 22.4 Å². The van der Waals surface area contributed by atoms with E-state index in [1.807, 2.05) is 0 Å². The van der Waals surface area contributed by atoms with E-state index >= 15 is 0 Å². The molecule has 0 aliphatic rings. The fourth-order valence-corrected chi connectivity index (χ4v) is 2.96. The third-order valence-electron chi connectivity index (χ3n) is 3.94. The Balaban J connectivity index is 2.46. The largest absolute Gasteiger partial charge is 0.487 e. The van der Waals surface area contributed by atoms with Crippen molar-refractivity contribution < 1.29 is 51.3 Å². The predicted molar refractivity (Wildman–Crippen MR) is 103 cm³/mol. The predicted octanol–water partition coefficient (Wildman–Crippen LogP) is 5.49. The molecule has 0 amide bonds. The highest BCUT2D eigenvalue weighted by Gasteiger charge is 2.38. The summed E-state index contributed by atoms with van der Waals surface area (Å²) in [6, 6.07) is 2.35. The van der Waals surface area contributed by atoms with Crippen molar-refractivity contribution in [3.8, 4) is 17.2 Å². The molecule has 14 heteroatoms. The number of ether oxygens (including phenoxy) is 2. The Labute approximate surface area is 187 Å². The second kappa shape index (κ2) is 10.4. The average Bonchev–Trinajstić information content (AvgIpc) is 2.72. The van der Waals surface area contributed by atoms with Gasteiger partial charge < -0.3 is 9.47 Å². The van der Waals surface area contributed by atoms with Crippen molar-refractivity contribution in [1.29, 1.82) is 0 Å². The molecule has 0 aliphatic heterocycles. The van der Waals surface area contributed by atoms with Gasteiger partial charge >= 0.3 is 23.9 Å². The van der Waals surface area contributed by atoms with Crippen molar-refractivity contribution in [2.75, 3.05) is 6.61 Å². The van der Waals surface area contributed by atoms with Gasteiger partial charge in [-0.1, -0.05) is 11.6 Å². The lowest BCUT2D eigenvalue weighted by atomic mass is 10.0. The van der Waals surface area contributed by atoms with Crippen LogP contribution in [0.25, 0.3) is 0 Å². The fourth-order valence-electron chi connectivity index (χ4n) is 2.60. The number of carbonyl (C=O) groups is 2. The van der Waals surface area contributed by atoms with E-state index in [4.69, 9.17) is 21.1 Å². The Morgan fingerprint density at radius 2 is 1.85 bits per heavy atom. The molecule has 2 aromatic carbocycles. The summed E-state index contributed by atoms with van der Waals surface area (Å²) >= 11 is 6.10. The first-order chi connectivity index (χ1) is 15.4. The van der Waals surface area contributed by atoms with Gasteiger partial charge in [0, 0.05) is 17.7 Å². The summed E-state index contributed by atoms with van der Waals surface area (Å²) in [4.78, 5) is 39.9. The first kappa shape index (κ1) is 25.8. The zero-order valence-corrected chi connectivity index (χ0v) is 17.5. The fraction of sp³-hybridized carbons (Fsp3) is 0.263. The van der Waals surface area contributed by atoms with Gasteiger partial charge in [0.2, 0.25) is 5.75 Å². The SMILES string of the molecule is CCOc1cc(Oc2ccc(C(F)(F)F)c(C(C)OOC(=O)C(=O)F)c2Cl)ccc1[N+](=O)[O-]. The number of nitro groups is 1. The minimum atomic E-state index is -4.93. The molecule has 0 saturated carbocycles. The molecule has 0 spiro atoms. The lowest BCUT2D eigenvalue weighted by Gasteiger charge is -2.20. The highest BCUT2D eigenvalue weighted by Crippen LogP contribution is 2.44. The molecule has 0 bridgehead atoms. The van der Waals surface area contributed by atoms with E-state index in [1.54, 1.807) is 6.92 Å². The summed E-state index contributed by atoms with van der Waals surface area (Å²) in [6.45, 7) is 2.67. The number of rotatable bonds is 9. The van der Waals surface area contributed by atoms with Gasteiger partial charge in [0.05, 0.1) is 22.1 Å². The van der Waals surface area contributed by atoms with Gasteiger partial charge in [-0.15, -0.1) is 0 Å². The van der Waals surface area contributed by atoms with Crippen LogP contribution in [-0.2, 0) is 25.5 Å². The molecule has 33 heavy (non-hydrogen) atoms. The van der Waals surface area contributed by atoms with Gasteiger partial charge in [0.15, 0.2) is 0 Å². The van der Waals surface area contributed by atoms with E-state index in [0.29, 0.717) is 6.07 Å². The zero-order chi connectivity index (χ0) is 24.9. The number of hydrogen-bond donors (Lipinski definition) is 0. The number of nitrogens with zero attached hydrogens (tertiary/aromatic N) is 1. The van der Waals surface area contributed by atoms with Crippen molar-refractivity contribution in [1.82, 2.24) is 0 Å². The zero-order valence-electron chi connectivity index (χ0n) is 16.8. The quantitative estimate of drug-likeness (QED) is 0.112. The summed E-state index contributed by atoms with van der Waals surface area (Å²) in [7, 11) is 0. The highest BCUT2D eigenvalue weighted by molar-refractivity contribution is 6.33.